The Bertz CT molecular complexity index is 918. The maximum Gasteiger partial charge on any atom is 0.336 e. The molecule has 3 aromatic rings. The van der Waals surface area contributed by atoms with Crippen LogP contribution in [0.15, 0.2) is 47.5 Å². The number of hydrogen-bond donors (Lipinski definition) is 2. The molecule has 0 atom stereocenters. The maximum atomic E-state index is 13.4. The Hall–Kier alpha value is -3.02. The number of carbonyl (C=O) groups is 1. The molecule has 0 aliphatic heterocycles. The molecule has 5 nitrogen and oxygen atoms in total. The second-order valence-corrected chi connectivity index (χ2v) is 4.46. The molecule has 0 radical (unpaired) electrons. The Morgan fingerprint density at radius 3 is 2.76 bits per heavy atom. The first kappa shape index (κ1) is 13.0. The van der Waals surface area contributed by atoms with Crippen LogP contribution in [0.4, 0.5) is 4.39 Å². The summed E-state index contributed by atoms with van der Waals surface area (Å²) in [7, 11) is 0. The Kier molecular flexibility index (Phi) is 2.98. The minimum Gasteiger partial charge on any atom is -0.478 e. The van der Waals surface area contributed by atoms with E-state index in [1.807, 2.05) is 0 Å². The first-order valence-electron chi connectivity index (χ1n) is 6.07. The van der Waals surface area contributed by atoms with Crippen LogP contribution in [0.2, 0.25) is 0 Å². The number of nitrogens with one attached hydrogen (secondary N) is 1. The van der Waals surface area contributed by atoms with E-state index in [1.165, 1.54) is 36.7 Å². The zero-order valence-electron chi connectivity index (χ0n) is 10.6. The van der Waals surface area contributed by atoms with E-state index >= 15 is 0 Å². The van der Waals surface area contributed by atoms with Gasteiger partial charge < -0.3 is 10.1 Å². The molecular weight excluding hydrogens is 275 g/mol. The molecule has 0 unspecified atom stereocenters. The number of halogens is 1. The molecule has 0 saturated heterocycles. The Morgan fingerprint density at radius 1 is 1.24 bits per heavy atom. The van der Waals surface area contributed by atoms with Crippen LogP contribution in [-0.4, -0.2) is 21.0 Å². The minimum absolute atomic E-state index is 0.0359. The highest BCUT2D eigenvalue weighted by atomic mass is 19.1. The van der Waals surface area contributed by atoms with Crippen LogP contribution in [-0.2, 0) is 0 Å². The number of aromatic carboxylic acids is 1. The van der Waals surface area contributed by atoms with E-state index in [9.17, 15) is 19.1 Å². The summed E-state index contributed by atoms with van der Waals surface area (Å²) in [5.41, 5.74) is 0.516. The van der Waals surface area contributed by atoms with E-state index < -0.39 is 11.8 Å². The number of rotatable bonds is 2. The van der Waals surface area contributed by atoms with E-state index in [0.717, 1.165) is 0 Å². The molecule has 21 heavy (non-hydrogen) atoms. The second kappa shape index (κ2) is 4.82. The summed E-state index contributed by atoms with van der Waals surface area (Å²) in [6.07, 6.45) is 1.21. The molecular formula is C15H9FN2O3. The highest BCUT2D eigenvalue weighted by molar-refractivity contribution is 6.01. The predicted molar refractivity (Wildman–Crippen MR) is 74.7 cm³/mol. The molecule has 0 bridgehead atoms. The number of aromatic nitrogens is 2. The Morgan fingerprint density at radius 2 is 2.05 bits per heavy atom. The molecule has 2 aromatic carbocycles. The van der Waals surface area contributed by atoms with E-state index in [2.05, 4.69) is 9.97 Å². The van der Waals surface area contributed by atoms with Crippen molar-refractivity contribution in [3.63, 3.8) is 0 Å². The van der Waals surface area contributed by atoms with Crippen molar-refractivity contribution in [3.8, 4) is 11.1 Å². The Labute approximate surface area is 117 Å². The zero-order chi connectivity index (χ0) is 15.0. The van der Waals surface area contributed by atoms with Gasteiger partial charge in [0.25, 0.3) is 5.56 Å². The quantitative estimate of drug-likeness (QED) is 0.757. The minimum atomic E-state index is -1.17. The summed E-state index contributed by atoms with van der Waals surface area (Å²) in [5.74, 6) is -1.65. The average Bonchev–Trinajstić information content (AvgIpc) is 2.46. The fourth-order valence-corrected chi connectivity index (χ4v) is 2.19. The lowest BCUT2D eigenvalue weighted by molar-refractivity contribution is 0.0698. The first-order valence-corrected chi connectivity index (χ1v) is 6.07. The van der Waals surface area contributed by atoms with Gasteiger partial charge in [-0.15, -0.1) is 0 Å². The van der Waals surface area contributed by atoms with Gasteiger partial charge in [0.1, 0.15) is 5.82 Å². The second-order valence-electron chi connectivity index (χ2n) is 4.46. The summed E-state index contributed by atoms with van der Waals surface area (Å²) in [5, 5.41) is 9.57. The van der Waals surface area contributed by atoms with Crippen LogP contribution >= 0.6 is 0 Å². The van der Waals surface area contributed by atoms with Crippen molar-refractivity contribution < 1.29 is 14.3 Å². The molecule has 1 heterocycles. The lowest BCUT2D eigenvalue weighted by Crippen LogP contribution is -2.08. The SMILES string of the molecule is O=C(O)c1cc2nc[nH]c(=O)c2cc1-c1cccc(F)c1. The maximum absolute atomic E-state index is 13.4. The van der Waals surface area contributed by atoms with Crippen LogP contribution in [0.5, 0.6) is 0 Å². The fraction of sp³-hybridized carbons (Fsp3) is 0. The van der Waals surface area contributed by atoms with Gasteiger partial charge in [0.2, 0.25) is 0 Å². The van der Waals surface area contributed by atoms with Gasteiger partial charge in [0, 0.05) is 0 Å². The van der Waals surface area contributed by atoms with Crippen molar-refractivity contribution >= 4 is 16.9 Å². The van der Waals surface area contributed by atoms with Gasteiger partial charge in [0.05, 0.1) is 22.8 Å². The van der Waals surface area contributed by atoms with Crippen LogP contribution in [0.1, 0.15) is 10.4 Å². The standard InChI is InChI=1S/C15H9FN2O3/c16-9-3-1-2-8(4-9)10-5-12-13(6-11(10)15(20)21)17-7-18-14(12)19/h1-7H,(H,20,21)(H,17,18,19). The topological polar surface area (TPSA) is 83.0 Å². The molecule has 0 aliphatic carbocycles. The van der Waals surface area contributed by atoms with Gasteiger partial charge in [-0.1, -0.05) is 12.1 Å². The molecule has 0 fully saturated rings. The van der Waals surface area contributed by atoms with Crippen LogP contribution in [0.3, 0.4) is 0 Å². The van der Waals surface area contributed by atoms with E-state index in [4.69, 9.17) is 0 Å². The molecule has 0 saturated carbocycles. The largest absolute Gasteiger partial charge is 0.478 e. The summed E-state index contributed by atoms with van der Waals surface area (Å²) in [6, 6.07) is 8.28. The van der Waals surface area contributed by atoms with Crippen molar-refractivity contribution in [2.24, 2.45) is 0 Å². The normalized spacial score (nSPS) is 10.7. The van der Waals surface area contributed by atoms with Gasteiger partial charge in [0.15, 0.2) is 0 Å². The monoisotopic (exact) mass is 284 g/mol. The number of carboxylic acids is 1. The third-order valence-corrected chi connectivity index (χ3v) is 3.15. The van der Waals surface area contributed by atoms with Crippen molar-refractivity contribution in [3.05, 3.63) is 64.5 Å². The Balaban J connectivity index is 2.39. The third kappa shape index (κ3) is 2.27. The number of fused-ring (bicyclic) bond motifs is 1. The summed E-state index contributed by atoms with van der Waals surface area (Å²) >= 11 is 0. The van der Waals surface area contributed by atoms with E-state index in [0.29, 0.717) is 5.56 Å². The lowest BCUT2D eigenvalue weighted by atomic mass is 9.97. The highest BCUT2D eigenvalue weighted by Crippen LogP contribution is 2.27. The van der Waals surface area contributed by atoms with Gasteiger partial charge in [-0.3, -0.25) is 4.79 Å². The number of H-pyrrole nitrogens is 1. The third-order valence-electron chi connectivity index (χ3n) is 3.15. The molecule has 0 spiro atoms. The van der Waals surface area contributed by atoms with Crippen molar-refractivity contribution in [1.82, 2.24) is 9.97 Å². The number of aromatic amines is 1. The number of benzene rings is 2. The van der Waals surface area contributed by atoms with Gasteiger partial charge in [-0.2, -0.15) is 0 Å². The fourth-order valence-electron chi connectivity index (χ4n) is 2.19. The smallest absolute Gasteiger partial charge is 0.336 e. The molecule has 1 aromatic heterocycles. The van der Waals surface area contributed by atoms with Gasteiger partial charge in [-0.25, -0.2) is 14.2 Å². The lowest BCUT2D eigenvalue weighted by Gasteiger charge is -2.08. The predicted octanol–water partition coefficient (Wildman–Crippen LogP) is 2.43. The van der Waals surface area contributed by atoms with Gasteiger partial charge >= 0.3 is 5.97 Å². The van der Waals surface area contributed by atoms with E-state index in [-0.39, 0.29) is 27.6 Å². The van der Waals surface area contributed by atoms with Crippen molar-refractivity contribution in [1.29, 1.82) is 0 Å². The molecule has 2 N–H and O–H groups in total. The molecule has 6 heteroatoms. The van der Waals surface area contributed by atoms with Crippen LogP contribution in [0, 0.1) is 5.82 Å². The molecule has 104 valence electrons. The summed E-state index contributed by atoms with van der Waals surface area (Å²) in [4.78, 5) is 29.6. The first-order chi connectivity index (χ1) is 10.1. The van der Waals surface area contributed by atoms with Crippen molar-refractivity contribution in [2.45, 2.75) is 0 Å². The number of carboxylic acid groups (broad SMARTS) is 1. The molecule has 0 amide bonds. The molecule has 0 aliphatic rings. The zero-order valence-corrected chi connectivity index (χ0v) is 10.6. The van der Waals surface area contributed by atoms with Crippen molar-refractivity contribution in [2.75, 3.05) is 0 Å². The summed E-state index contributed by atoms with van der Waals surface area (Å²) in [6.45, 7) is 0. The van der Waals surface area contributed by atoms with Gasteiger partial charge in [-0.05, 0) is 35.4 Å². The highest BCUT2D eigenvalue weighted by Gasteiger charge is 2.15. The number of hydrogen-bond acceptors (Lipinski definition) is 3. The van der Waals surface area contributed by atoms with Crippen LogP contribution in [0.25, 0.3) is 22.0 Å². The molecule has 3 rings (SSSR count). The number of nitrogens with zero attached hydrogens (tertiary/aromatic N) is 1. The van der Waals surface area contributed by atoms with E-state index in [1.54, 1.807) is 6.07 Å². The average molecular weight is 284 g/mol. The summed E-state index contributed by atoms with van der Waals surface area (Å²) < 4.78 is 13.4. The van der Waals surface area contributed by atoms with Crippen LogP contribution < -0.4 is 5.56 Å².